The van der Waals surface area contributed by atoms with Crippen LogP contribution >= 0.6 is 0 Å². The first kappa shape index (κ1) is 12.5. The van der Waals surface area contributed by atoms with Gasteiger partial charge in [-0.05, 0) is 24.1 Å². The second-order valence-corrected chi connectivity index (χ2v) is 4.12. The molecule has 0 atom stereocenters. The van der Waals surface area contributed by atoms with Crippen molar-refractivity contribution >= 4 is 23.2 Å². The predicted molar refractivity (Wildman–Crippen MR) is 65.7 cm³/mol. The molecule has 0 saturated heterocycles. The molecule has 1 aliphatic rings. The fourth-order valence-electron chi connectivity index (χ4n) is 1.84. The average Bonchev–Trinajstić information content (AvgIpc) is 2.31. The molecule has 0 bridgehead atoms. The first-order chi connectivity index (χ1) is 8.60. The Morgan fingerprint density at radius 3 is 2.94 bits per heavy atom. The molecule has 0 aliphatic carbocycles. The molecule has 4 N–H and O–H groups in total. The Kier molecular flexibility index (Phi) is 3.57. The van der Waals surface area contributed by atoms with E-state index in [1.54, 1.807) is 0 Å². The van der Waals surface area contributed by atoms with Crippen LogP contribution in [-0.4, -0.2) is 18.4 Å². The van der Waals surface area contributed by atoms with Gasteiger partial charge in [-0.3, -0.25) is 9.59 Å². The Morgan fingerprint density at radius 1 is 1.44 bits per heavy atom. The van der Waals surface area contributed by atoms with Gasteiger partial charge in [0.25, 0.3) is 0 Å². The highest BCUT2D eigenvalue weighted by molar-refractivity contribution is 5.96. The fourth-order valence-corrected chi connectivity index (χ4v) is 1.84. The zero-order chi connectivity index (χ0) is 13.1. The van der Waals surface area contributed by atoms with E-state index in [4.69, 9.17) is 5.73 Å². The van der Waals surface area contributed by atoms with Gasteiger partial charge in [-0.1, -0.05) is 0 Å². The number of hydrogen-bond donors (Lipinski definition) is 3. The summed E-state index contributed by atoms with van der Waals surface area (Å²) in [5.74, 6) is -0.956. The lowest BCUT2D eigenvalue weighted by Crippen LogP contribution is -2.21. The normalized spacial score (nSPS) is 13.8. The lowest BCUT2D eigenvalue weighted by molar-refractivity contribution is -0.117. The molecule has 1 aromatic rings. The SMILES string of the molecule is NCCC(=O)Nc1cc2c(cc1F)CCC(=O)N2. The summed E-state index contributed by atoms with van der Waals surface area (Å²) in [6, 6.07) is 2.78. The summed E-state index contributed by atoms with van der Waals surface area (Å²) in [7, 11) is 0. The summed E-state index contributed by atoms with van der Waals surface area (Å²) in [5.41, 5.74) is 6.59. The quantitative estimate of drug-likeness (QED) is 0.749. The van der Waals surface area contributed by atoms with E-state index in [9.17, 15) is 14.0 Å². The van der Waals surface area contributed by atoms with Crippen molar-refractivity contribution in [2.75, 3.05) is 17.2 Å². The topological polar surface area (TPSA) is 84.2 Å². The van der Waals surface area contributed by atoms with E-state index in [1.165, 1.54) is 12.1 Å². The third-order valence-corrected chi connectivity index (χ3v) is 2.73. The van der Waals surface area contributed by atoms with E-state index in [1.807, 2.05) is 0 Å². The maximum Gasteiger partial charge on any atom is 0.225 e. The van der Waals surface area contributed by atoms with Crippen molar-refractivity contribution in [1.29, 1.82) is 0 Å². The average molecular weight is 251 g/mol. The van der Waals surface area contributed by atoms with Gasteiger partial charge in [0.2, 0.25) is 11.8 Å². The molecule has 5 nitrogen and oxygen atoms in total. The first-order valence-corrected chi connectivity index (χ1v) is 5.72. The highest BCUT2D eigenvalue weighted by Gasteiger charge is 2.18. The number of halogens is 1. The number of hydrogen-bond acceptors (Lipinski definition) is 3. The zero-order valence-corrected chi connectivity index (χ0v) is 9.75. The van der Waals surface area contributed by atoms with Crippen LogP contribution in [0.4, 0.5) is 15.8 Å². The van der Waals surface area contributed by atoms with Crippen molar-refractivity contribution in [2.45, 2.75) is 19.3 Å². The number of rotatable bonds is 3. The van der Waals surface area contributed by atoms with Crippen LogP contribution in [0.5, 0.6) is 0 Å². The summed E-state index contributed by atoms with van der Waals surface area (Å²) >= 11 is 0. The van der Waals surface area contributed by atoms with Crippen LogP contribution in [0.2, 0.25) is 0 Å². The van der Waals surface area contributed by atoms with Gasteiger partial charge in [0.15, 0.2) is 0 Å². The summed E-state index contributed by atoms with van der Waals surface area (Å²) in [5, 5.41) is 5.08. The minimum absolute atomic E-state index is 0.0643. The van der Waals surface area contributed by atoms with Crippen LogP contribution in [0, 0.1) is 5.82 Å². The van der Waals surface area contributed by atoms with Crippen LogP contribution in [0.3, 0.4) is 0 Å². The van der Waals surface area contributed by atoms with Crippen molar-refractivity contribution in [2.24, 2.45) is 5.73 Å². The lowest BCUT2D eigenvalue weighted by atomic mass is 10.0. The van der Waals surface area contributed by atoms with E-state index in [0.717, 1.165) is 5.56 Å². The van der Waals surface area contributed by atoms with Gasteiger partial charge in [-0.15, -0.1) is 0 Å². The predicted octanol–water partition coefficient (Wildman–Crippen LogP) is 0.998. The Bertz CT molecular complexity index is 502. The molecule has 0 radical (unpaired) electrons. The van der Waals surface area contributed by atoms with Crippen molar-refractivity contribution in [3.8, 4) is 0 Å². The molecule has 2 amide bonds. The van der Waals surface area contributed by atoms with Gasteiger partial charge in [0.1, 0.15) is 5.82 Å². The van der Waals surface area contributed by atoms with Crippen LogP contribution in [-0.2, 0) is 16.0 Å². The number of nitrogens with one attached hydrogen (secondary N) is 2. The maximum atomic E-state index is 13.7. The molecule has 18 heavy (non-hydrogen) atoms. The minimum Gasteiger partial charge on any atom is -0.330 e. The molecule has 1 heterocycles. The molecule has 1 aliphatic heterocycles. The van der Waals surface area contributed by atoms with E-state index >= 15 is 0 Å². The van der Waals surface area contributed by atoms with Crippen LogP contribution < -0.4 is 16.4 Å². The minimum atomic E-state index is -0.504. The maximum absolute atomic E-state index is 13.7. The van der Waals surface area contributed by atoms with Crippen LogP contribution in [0.1, 0.15) is 18.4 Å². The summed E-state index contributed by atoms with van der Waals surface area (Å²) in [6.07, 6.45) is 0.989. The van der Waals surface area contributed by atoms with Gasteiger partial charge < -0.3 is 16.4 Å². The van der Waals surface area contributed by atoms with Crippen LogP contribution in [0.25, 0.3) is 0 Å². The molecule has 0 unspecified atom stereocenters. The van der Waals surface area contributed by atoms with E-state index < -0.39 is 5.82 Å². The fraction of sp³-hybridized carbons (Fsp3) is 0.333. The third-order valence-electron chi connectivity index (χ3n) is 2.73. The monoisotopic (exact) mass is 251 g/mol. The van der Waals surface area contributed by atoms with E-state index in [0.29, 0.717) is 18.5 Å². The number of amides is 2. The standard InChI is InChI=1S/C12H14FN3O2/c13-8-5-7-1-2-11(17)15-9(7)6-10(8)16-12(18)3-4-14/h5-6H,1-4,14H2,(H,15,17)(H,16,18). The molecule has 96 valence electrons. The number of aryl methyl sites for hydroxylation is 1. The molecule has 0 saturated carbocycles. The molecule has 1 aromatic carbocycles. The van der Waals surface area contributed by atoms with Gasteiger partial charge in [0.05, 0.1) is 5.69 Å². The molecular weight excluding hydrogens is 237 g/mol. The van der Waals surface area contributed by atoms with Gasteiger partial charge >= 0.3 is 0 Å². The van der Waals surface area contributed by atoms with E-state index in [2.05, 4.69) is 10.6 Å². The molecular formula is C12H14FN3O2. The zero-order valence-electron chi connectivity index (χ0n) is 9.75. The smallest absolute Gasteiger partial charge is 0.225 e. The molecule has 0 aromatic heterocycles. The Hall–Kier alpha value is -1.95. The Labute approximate surface area is 104 Å². The number of carbonyl (C=O) groups is 2. The summed E-state index contributed by atoms with van der Waals surface area (Å²) in [6.45, 7) is 0.204. The van der Waals surface area contributed by atoms with Crippen molar-refractivity contribution in [1.82, 2.24) is 0 Å². The number of nitrogens with two attached hydrogens (primary N) is 1. The second kappa shape index (κ2) is 5.14. The Morgan fingerprint density at radius 2 is 2.22 bits per heavy atom. The first-order valence-electron chi connectivity index (χ1n) is 5.72. The molecule has 2 rings (SSSR count). The van der Waals surface area contributed by atoms with Gasteiger partial charge in [-0.2, -0.15) is 0 Å². The van der Waals surface area contributed by atoms with Gasteiger partial charge in [-0.25, -0.2) is 4.39 Å². The Balaban J connectivity index is 2.24. The van der Waals surface area contributed by atoms with Crippen molar-refractivity contribution < 1.29 is 14.0 Å². The number of anilines is 2. The van der Waals surface area contributed by atoms with E-state index in [-0.39, 0.29) is 30.5 Å². The summed E-state index contributed by atoms with van der Waals surface area (Å²) in [4.78, 5) is 22.6. The molecule has 0 spiro atoms. The lowest BCUT2D eigenvalue weighted by Gasteiger charge is -2.18. The second-order valence-electron chi connectivity index (χ2n) is 4.12. The van der Waals surface area contributed by atoms with Crippen molar-refractivity contribution in [3.05, 3.63) is 23.5 Å². The highest BCUT2D eigenvalue weighted by atomic mass is 19.1. The van der Waals surface area contributed by atoms with Crippen LogP contribution in [0.15, 0.2) is 12.1 Å². The number of benzene rings is 1. The largest absolute Gasteiger partial charge is 0.330 e. The highest BCUT2D eigenvalue weighted by Crippen LogP contribution is 2.28. The number of fused-ring (bicyclic) bond motifs is 1. The van der Waals surface area contributed by atoms with Gasteiger partial charge in [0, 0.05) is 25.1 Å². The molecule has 0 fully saturated rings. The van der Waals surface area contributed by atoms with Crippen molar-refractivity contribution in [3.63, 3.8) is 0 Å². The third kappa shape index (κ3) is 2.65. The number of carbonyl (C=O) groups excluding carboxylic acids is 2. The molecule has 6 heteroatoms. The summed E-state index contributed by atoms with van der Waals surface area (Å²) < 4.78 is 13.7.